The summed E-state index contributed by atoms with van der Waals surface area (Å²) in [4.78, 5) is 22.5. The fourth-order valence-electron chi connectivity index (χ4n) is 1.30. The van der Waals surface area contributed by atoms with E-state index in [0.717, 1.165) is 0 Å². The van der Waals surface area contributed by atoms with Gasteiger partial charge in [-0.15, -0.1) is 0 Å². The minimum Gasteiger partial charge on any atom is -0.496 e. The number of carboxylic acid groups (broad SMARTS) is 1. The summed E-state index contributed by atoms with van der Waals surface area (Å²) >= 11 is 0. The molecule has 1 N–H and O–H groups in total. The minimum absolute atomic E-state index is 0.00583. The van der Waals surface area contributed by atoms with Crippen LogP contribution < -0.4 is 4.74 Å². The number of ether oxygens (including phenoxy) is 2. The molecule has 0 aliphatic heterocycles. The zero-order chi connectivity index (χ0) is 12.1. The molecule has 1 aromatic rings. The molecule has 0 fully saturated rings. The van der Waals surface area contributed by atoms with Crippen LogP contribution >= 0.6 is 0 Å². The Morgan fingerprint density at radius 3 is 2.56 bits per heavy atom. The third-order valence-corrected chi connectivity index (χ3v) is 1.96. The maximum absolute atomic E-state index is 11.5. The molecule has 0 spiro atoms. The molecule has 0 atom stereocenters. The van der Waals surface area contributed by atoms with E-state index < -0.39 is 11.9 Å². The molecule has 1 rings (SSSR count). The average molecular weight is 224 g/mol. The first-order valence-electron chi connectivity index (χ1n) is 4.69. The van der Waals surface area contributed by atoms with Crippen LogP contribution in [0.15, 0.2) is 18.2 Å². The molecular weight excluding hydrogens is 212 g/mol. The van der Waals surface area contributed by atoms with Gasteiger partial charge in [0.2, 0.25) is 0 Å². The van der Waals surface area contributed by atoms with Gasteiger partial charge in [-0.2, -0.15) is 0 Å². The maximum atomic E-state index is 11.5. The minimum atomic E-state index is -1.22. The van der Waals surface area contributed by atoms with Gasteiger partial charge >= 0.3 is 11.9 Å². The summed E-state index contributed by atoms with van der Waals surface area (Å²) in [5.41, 5.74) is -0.183. The Kier molecular flexibility index (Phi) is 3.88. The third kappa shape index (κ3) is 2.31. The largest absolute Gasteiger partial charge is 0.496 e. The second-order valence-corrected chi connectivity index (χ2v) is 2.91. The monoisotopic (exact) mass is 224 g/mol. The van der Waals surface area contributed by atoms with Gasteiger partial charge in [-0.1, -0.05) is 6.07 Å². The molecule has 1 aromatic carbocycles. The number of rotatable bonds is 4. The SMILES string of the molecule is CCOC(=O)c1cccc(OC)c1C(=O)O. The number of hydrogen-bond donors (Lipinski definition) is 1. The molecule has 0 aliphatic rings. The zero-order valence-corrected chi connectivity index (χ0v) is 9.02. The quantitative estimate of drug-likeness (QED) is 0.786. The van der Waals surface area contributed by atoms with Gasteiger partial charge in [0.1, 0.15) is 11.3 Å². The van der Waals surface area contributed by atoms with Gasteiger partial charge in [0.15, 0.2) is 0 Å². The smallest absolute Gasteiger partial charge is 0.340 e. The lowest BCUT2D eigenvalue weighted by Crippen LogP contribution is -2.12. The predicted octanol–water partition coefficient (Wildman–Crippen LogP) is 1.57. The number of hydrogen-bond acceptors (Lipinski definition) is 4. The van der Waals surface area contributed by atoms with Crippen molar-refractivity contribution in [2.45, 2.75) is 6.92 Å². The van der Waals surface area contributed by atoms with Crippen molar-refractivity contribution >= 4 is 11.9 Å². The van der Waals surface area contributed by atoms with E-state index in [1.54, 1.807) is 6.92 Å². The van der Waals surface area contributed by atoms with E-state index in [1.165, 1.54) is 25.3 Å². The summed E-state index contributed by atoms with van der Waals surface area (Å²) in [6.07, 6.45) is 0. The van der Waals surface area contributed by atoms with Crippen LogP contribution in [-0.2, 0) is 4.74 Å². The summed E-state index contributed by atoms with van der Waals surface area (Å²) in [5.74, 6) is -1.75. The summed E-state index contributed by atoms with van der Waals surface area (Å²) in [5, 5.41) is 9.01. The molecular formula is C11H12O5. The molecule has 86 valence electrons. The maximum Gasteiger partial charge on any atom is 0.340 e. The van der Waals surface area contributed by atoms with Crippen LogP contribution in [0.3, 0.4) is 0 Å². The van der Waals surface area contributed by atoms with Crippen LogP contribution in [0.2, 0.25) is 0 Å². The lowest BCUT2D eigenvalue weighted by Gasteiger charge is -2.09. The van der Waals surface area contributed by atoms with Crippen molar-refractivity contribution in [3.8, 4) is 5.75 Å². The van der Waals surface area contributed by atoms with Crippen molar-refractivity contribution < 1.29 is 24.2 Å². The molecule has 0 aliphatic carbocycles. The molecule has 0 saturated carbocycles. The highest BCUT2D eigenvalue weighted by molar-refractivity contribution is 6.04. The molecule has 16 heavy (non-hydrogen) atoms. The lowest BCUT2D eigenvalue weighted by molar-refractivity contribution is 0.0513. The summed E-state index contributed by atoms with van der Waals surface area (Å²) in [6, 6.07) is 4.41. The molecule has 0 saturated heterocycles. The molecule has 0 heterocycles. The third-order valence-electron chi connectivity index (χ3n) is 1.96. The molecule has 0 aromatic heterocycles. The van der Waals surface area contributed by atoms with Crippen molar-refractivity contribution in [3.63, 3.8) is 0 Å². The Morgan fingerprint density at radius 2 is 2.06 bits per heavy atom. The number of benzene rings is 1. The van der Waals surface area contributed by atoms with Crippen LogP contribution in [0.1, 0.15) is 27.6 Å². The average Bonchev–Trinajstić information content (AvgIpc) is 2.28. The van der Waals surface area contributed by atoms with Gasteiger partial charge in [0, 0.05) is 0 Å². The molecule has 5 nitrogen and oxygen atoms in total. The second kappa shape index (κ2) is 5.16. The first-order valence-corrected chi connectivity index (χ1v) is 4.69. The predicted molar refractivity (Wildman–Crippen MR) is 55.9 cm³/mol. The summed E-state index contributed by atoms with van der Waals surface area (Å²) in [6.45, 7) is 1.84. The van der Waals surface area contributed by atoms with Crippen molar-refractivity contribution in [3.05, 3.63) is 29.3 Å². The van der Waals surface area contributed by atoms with Crippen LogP contribution in [-0.4, -0.2) is 30.8 Å². The van der Waals surface area contributed by atoms with E-state index in [2.05, 4.69) is 0 Å². The van der Waals surface area contributed by atoms with E-state index in [0.29, 0.717) is 0 Å². The second-order valence-electron chi connectivity index (χ2n) is 2.91. The number of carbonyl (C=O) groups is 2. The first kappa shape index (κ1) is 12.0. The Labute approximate surface area is 92.6 Å². The van der Waals surface area contributed by atoms with E-state index in [4.69, 9.17) is 14.6 Å². The molecule has 0 radical (unpaired) electrons. The normalized spacial score (nSPS) is 9.62. The number of methoxy groups -OCH3 is 1. The number of esters is 1. The van der Waals surface area contributed by atoms with Crippen LogP contribution in [0.4, 0.5) is 0 Å². The molecule has 0 unspecified atom stereocenters. The van der Waals surface area contributed by atoms with Crippen molar-refractivity contribution in [2.75, 3.05) is 13.7 Å². The first-order chi connectivity index (χ1) is 7.61. The lowest BCUT2D eigenvalue weighted by atomic mass is 10.1. The van der Waals surface area contributed by atoms with E-state index in [1.807, 2.05) is 0 Å². The van der Waals surface area contributed by atoms with Crippen molar-refractivity contribution in [1.29, 1.82) is 0 Å². The van der Waals surface area contributed by atoms with E-state index in [-0.39, 0.29) is 23.5 Å². The Bertz CT molecular complexity index is 411. The number of carbonyl (C=O) groups excluding carboxylic acids is 1. The Morgan fingerprint density at radius 1 is 1.38 bits per heavy atom. The molecule has 0 amide bonds. The highest BCUT2D eigenvalue weighted by Gasteiger charge is 2.21. The van der Waals surface area contributed by atoms with Crippen molar-refractivity contribution in [2.24, 2.45) is 0 Å². The highest BCUT2D eigenvalue weighted by Crippen LogP contribution is 2.22. The standard InChI is InChI=1S/C11H12O5/c1-3-16-11(14)7-5-4-6-8(15-2)9(7)10(12)13/h4-6H,3H2,1-2H3,(H,12,13). The molecule has 0 bridgehead atoms. The topological polar surface area (TPSA) is 72.8 Å². The van der Waals surface area contributed by atoms with Gasteiger partial charge in [-0.25, -0.2) is 9.59 Å². The van der Waals surface area contributed by atoms with Crippen LogP contribution in [0, 0.1) is 0 Å². The van der Waals surface area contributed by atoms with Crippen LogP contribution in [0.5, 0.6) is 5.75 Å². The van der Waals surface area contributed by atoms with Gasteiger partial charge in [-0.05, 0) is 19.1 Å². The zero-order valence-electron chi connectivity index (χ0n) is 9.02. The molecule has 5 heteroatoms. The van der Waals surface area contributed by atoms with Crippen LogP contribution in [0.25, 0.3) is 0 Å². The fourth-order valence-corrected chi connectivity index (χ4v) is 1.30. The Hall–Kier alpha value is -2.04. The Balaban J connectivity index is 3.27. The summed E-state index contributed by atoms with van der Waals surface area (Å²) < 4.78 is 9.65. The van der Waals surface area contributed by atoms with Gasteiger partial charge in [0.05, 0.1) is 19.3 Å². The summed E-state index contributed by atoms with van der Waals surface area (Å²) in [7, 11) is 1.34. The highest BCUT2D eigenvalue weighted by atomic mass is 16.5. The number of aromatic carboxylic acids is 1. The fraction of sp³-hybridized carbons (Fsp3) is 0.273. The van der Waals surface area contributed by atoms with E-state index in [9.17, 15) is 9.59 Å². The van der Waals surface area contributed by atoms with E-state index >= 15 is 0 Å². The van der Waals surface area contributed by atoms with Gasteiger partial charge < -0.3 is 14.6 Å². The van der Waals surface area contributed by atoms with Crippen molar-refractivity contribution in [1.82, 2.24) is 0 Å². The van der Waals surface area contributed by atoms with Gasteiger partial charge in [-0.3, -0.25) is 0 Å². The number of carboxylic acids is 1. The van der Waals surface area contributed by atoms with Gasteiger partial charge in [0.25, 0.3) is 0 Å².